The zero-order chi connectivity index (χ0) is 11.7. The zero-order valence-corrected chi connectivity index (χ0v) is 10.1. The fourth-order valence-corrected chi connectivity index (χ4v) is 2.60. The van der Waals surface area contributed by atoms with Crippen LogP contribution in [0.2, 0.25) is 0 Å². The first-order valence-electron chi connectivity index (χ1n) is 6.16. The van der Waals surface area contributed by atoms with E-state index in [0.29, 0.717) is 5.92 Å². The zero-order valence-electron chi connectivity index (χ0n) is 10.1. The molecule has 5 heteroatoms. The molecule has 3 rings (SSSR count). The number of hydrogen-bond donors (Lipinski definition) is 0. The van der Waals surface area contributed by atoms with E-state index < -0.39 is 0 Å². The Morgan fingerprint density at radius 1 is 1.47 bits per heavy atom. The summed E-state index contributed by atoms with van der Waals surface area (Å²) in [6.07, 6.45) is 4.36. The quantitative estimate of drug-likeness (QED) is 0.778. The lowest BCUT2D eigenvalue weighted by Gasteiger charge is -2.29. The second-order valence-corrected chi connectivity index (χ2v) is 4.89. The molecule has 1 atom stereocenters. The first kappa shape index (κ1) is 10.7. The van der Waals surface area contributed by atoms with Crippen LogP contribution in [0.5, 0.6) is 0 Å². The summed E-state index contributed by atoms with van der Waals surface area (Å²) in [5, 5.41) is 8.34. The number of nitrogens with zero attached hydrogens (tertiary/aromatic N) is 5. The van der Waals surface area contributed by atoms with E-state index in [1.807, 2.05) is 16.8 Å². The van der Waals surface area contributed by atoms with Crippen molar-refractivity contribution < 1.29 is 0 Å². The van der Waals surface area contributed by atoms with E-state index >= 15 is 0 Å². The van der Waals surface area contributed by atoms with Gasteiger partial charge in [0.25, 0.3) is 0 Å². The van der Waals surface area contributed by atoms with Gasteiger partial charge in [0.2, 0.25) is 0 Å². The molecule has 5 nitrogen and oxygen atoms in total. The van der Waals surface area contributed by atoms with Crippen molar-refractivity contribution in [3.63, 3.8) is 0 Å². The van der Waals surface area contributed by atoms with Crippen molar-refractivity contribution in [1.82, 2.24) is 24.9 Å². The summed E-state index contributed by atoms with van der Waals surface area (Å²) in [6, 6.07) is 3.86. The maximum Gasteiger partial charge on any atom is 0.178 e. The van der Waals surface area contributed by atoms with E-state index in [4.69, 9.17) is 0 Å². The highest BCUT2D eigenvalue weighted by Gasteiger charge is 2.19. The smallest absolute Gasteiger partial charge is 0.178 e. The monoisotopic (exact) mass is 231 g/mol. The maximum atomic E-state index is 4.35. The molecule has 2 aromatic heterocycles. The molecule has 0 aromatic carbocycles. The van der Waals surface area contributed by atoms with Crippen molar-refractivity contribution in [2.45, 2.75) is 19.4 Å². The lowest BCUT2D eigenvalue weighted by molar-refractivity contribution is 0.191. The van der Waals surface area contributed by atoms with E-state index in [9.17, 15) is 0 Å². The van der Waals surface area contributed by atoms with Gasteiger partial charge in [0.1, 0.15) is 5.52 Å². The molecule has 0 aliphatic carbocycles. The highest BCUT2D eigenvalue weighted by atomic mass is 15.4. The lowest BCUT2D eigenvalue weighted by Crippen LogP contribution is -2.34. The third kappa shape index (κ3) is 2.15. The number of aromatic nitrogens is 4. The molecular formula is C12H17N5. The second-order valence-electron chi connectivity index (χ2n) is 4.89. The van der Waals surface area contributed by atoms with Gasteiger partial charge in [-0.05, 0) is 44.5 Å². The molecule has 0 amide bonds. The average Bonchev–Trinajstić information content (AvgIpc) is 2.73. The molecular weight excluding hydrogens is 214 g/mol. The summed E-state index contributed by atoms with van der Waals surface area (Å²) in [7, 11) is 2.18. The molecule has 0 bridgehead atoms. The van der Waals surface area contributed by atoms with E-state index in [0.717, 1.165) is 24.3 Å². The minimum atomic E-state index is 0.667. The summed E-state index contributed by atoms with van der Waals surface area (Å²) in [6.45, 7) is 3.29. The fourth-order valence-electron chi connectivity index (χ4n) is 2.60. The summed E-state index contributed by atoms with van der Waals surface area (Å²) in [4.78, 5) is 6.74. The number of fused-ring (bicyclic) bond motifs is 1. The average molecular weight is 231 g/mol. The van der Waals surface area contributed by atoms with Crippen LogP contribution < -0.4 is 0 Å². The highest BCUT2D eigenvalue weighted by Crippen LogP contribution is 2.18. The molecule has 2 aromatic rings. The van der Waals surface area contributed by atoms with Gasteiger partial charge >= 0.3 is 0 Å². The predicted molar refractivity (Wildman–Crippen MR) is 65.5 cm³/mol. The normalized spacial score (nSPS) is 22.1. The van der Waals surface area contributed by atoms with Crippen LogP contribution in [-0.4, -0.2) is 45.0 Å². The standard InChI is InChI=1S/C12H17N5/c1-16-7-3-4-10(8-16)9-17-12-11(14-15-17)5-2-6-13-12/h2,5-6,10H,3-4,7-9H2,1H3. The third-order valence-electron chi connectivity index (χ3n) is 3.42. The summed E-state index contributed by atoms with van der Waals surface area (Å²) >= 11 is 0. The van der Waals surface area contributed by atoms with Crippen LogP contribution in [0.1, 0.15) is 12.8 Å². The van der Waals surface area contributed by atoms with Gasteiger partial charge in [-0.15, -0.1) is 5.10 Å². The lowest BCUT2D eigenvalue weighted by atomic mass is 9.99. The number of piperidine rings is 1. The van der Waals surface area contributed by atoms with Crippen molar-refractivity contribution >= 4 is 11.2 Å². The van der Waals surface area contributed by atoms with Gasteiger partial charge in [-0.3, -0.25) is 0 Å². The van der Waals surface area contributed by atoms with E-state index in [2.05, 4.69) is 27.2 Å². The molecule has 0 saturated carbocycles. The maximum absolute atomic E-state index is 4.35. The fraction of sp³-hybridized carbons (Fsp3) is 0.583. The van der Waals surface area contributed by atoms with Gasteiger partial charge in [0, 0.05) is 19.3 Å². The van der Waals surface area contributed by atoms with Crippen LogP contribution in [-0.2, 0) is 6.54 Å². The van der Waals surface area contributed by atoms with Crippen molar-refractivity contribution in [1.29, 1.82) is 0 Å². The summed E-state index contributed by atoms with van der Waals surface area (Å²) in [5.41, 5.74) is 1.79. The van der Waals surface area contributed by atoms with Gasteiger partial charge in [-0.2, -0.15) is 0 Å². The highest BCUT2D eigenvalue weighted by molar-refractivity contribution is 5.68. The Balaban J connectivity index is 1.80. The Labute approximate surface area is 100 Å². The molecule has 17 heavy (non-hydrogen) atoms. The van der Waals surface area contributed by atoms with E-state index in [-0.39, 0.29) is 0 Å². The molecule has 1 aliphatic heterocycles. The Bertz CT molecular complexity index is 506. The summed E-state index contributed by atoms with van der Waals surface area (Å²) < 4.78 is 1.94. The molecule has 1 aliphatic rings. The first-order chi connectivity index (χ1) is 8.33. The van der Waals surface area contributed by atoms with Crippen LogP contribution in [0.3, 0.4) is 0 Å². The van der Waals surface area contributed by atoms with Crippen LogP contribution in [0, 0.1) is 5.92 Å². The van der Waals surface area contributed by atoms with Gasteiger partial charge < -0.3 is 4.90 Å². The summed E-state index contributed by atoms with van der Waals surface area (Å²) in [5.74, 6) is 0.667. The molecule has 1 fully saturated rings. The molecule has 1 unspecified atom stereocenters. The molecule has 90 valence electrons. The van der Waals surface area contributed by atoms with Crippen LogP contribution in [0.4, 0.5) is 0 Å². The topological polar surface area (TPSA) is 46.8 Å². The second kappa shape index (κ2) is 4.41. The van der Waals surface area contributed by atoms with E-state index in [1.54, 1.807) is 6.20 Å². The van der Waals surface area contributed by atoms with Gasteiger partial charge in [0.15, 0.2) is 5.65 Å². The van der Waals surface area contributed by atoms with Gasteiger partial charge in [-0.1, -0.05) is 5.21 Å². The van der Waals surface area contributed by atoms with Crippen molar-refractivity contribution in [3.8, 4) is 0 Å². The van der Waals surface area contributed by atoms with Crippen LogP contribution >= 0.6 is 0 Å². The SMILES string of the molecule is CN1CCCC(Cn2nnc3cccnc32)C1. The van der Waals surface area contributed by atoms with Crippen LogP contribution in [0.15, 0.2) is 18.3 Å². The molecule has 1 saturated heterocycles. The van der Waals surface area contributed by atoms with E-state index in [1.165, 1.54) is 19.4 Å². The van der Waals surface area contributed by atoms with Gasteiger partial charge in [0.05, 0.1) is 0 Å². The number of rotatable bonds is 2. The van der Waals surface area contributed by atoms with Gasteiger partial charge in [-0.25, -0.2) is 9.67 Å². The van der Waals surface area contributed by atoms with Crippen molar-refractivity contribution in [2.24, 2.45) is 5.92 Å². The number of pyridine rings is 1. The molecule has 3 heterocycles. The Morgan fingerprint density at radius 3 is 3.29 bits per heavy atom. The first-order valence-corrected chi connectivity index (χ1v) is 6.16. The Morgan fingerprint density at radius 2 is 2.41 bits per heavy atom. The molecule has 0 spiro atoms. The molecule has 0 N–H and O–H groups in total. The predicted octanol–water partition coefficient (Wildman–Crippen LogP) is 1.17. The van der Waals surface area contributed by atoms with Crippen LogP contribution in [0.25, 0.3) is 11.2 Å². The number of hydrogen-bond acceptors (Lipinski definition) is 4. The minimum Gasteiger partial charge on any atom is -0.306 e. The number of likely N-dealkylation sites (tertiary alicyclic amines) is 1. The largest absolute Gasteiger partial charge is 0.306 e. The Kier molecular flexibility index (Phi) is 2.76. The third-order valence-corrected chi connectivity index (χ3v) is 3.42. The van der Waals surface area contributed by atoms with Crippen molar-refractivity contribution in [2.75, 3.05) is 20.1 Å². The Hall–Kier alpha value is -1.49. The molecule has 0 radical (unpaired) electrons. The van der Waals surface area contributed by atoms with Crippen molar-refractivity contribution in [3.05, 3.63) is 18.3 Å². The minimum absolute atomic E-state index is 0.667.